The van der Waals surface area contributed by atoms with Crippen molar-refractivity contribution in [3.63, 3.8) is 0 Å². The summed E-state index contributed by atoms with van der Waals surface area (Å²) in [6.45, 7) is 11.2. The van der Waals surface area contributed by atoms with Crippen molar-refractivity contribution < 1.29 is 9.53 Å². The molecule has 0 radical (unpaired) electrons. The highest BCUT2D eigenvalue weighted by atomic mass is 16.6. The van der Waals surface area contributed by atoms with E-state index >= 15 is 0 Å². The van der Waals surface area contributed by atoms with E-state index in [0.29, 0.717) is 11.8 Å². The van der Waals surface area contributed by atoms with Gasteiger partial charge in [0.25, 0.3) is 0 Å². The number of allylic oxidation sites excluding steroid dienone is 1. The van der Waals surface area contributed by atoms with Gasteiger partial charge in [0.05, 0.1) is 0 Å². The molecule has 4 heteroatoms. The molecule has 22 heavy (non-hydrogen) atoms. The predicted molar refractivity (Wildman–Crippen MR) is 87.5 cm³/mol. The summed E-state index contributed by atoms with van der Waals surface area (Å²) in [4.78, 5) is 14.0. The number of hydrogen-bond acceptors (Lipinski definition) is 3. The third-order valence-electron chi connectivity index (χ3n) is 4.81. The summed E-state index contributed by atoms with van der Waals surface area (Å²) in [5, 5.41) is 0. The van der Waals surface area contributed by atoms with Crippen LogP contribution in [0.4, 0.5) is 10.5 Å². The molecule has 1 heterocycles. The van der Waals surface area contributed by atoms with Crippen LogP contribution < -0.4 is 5.73 Å². The summed E-state index contributed by atoms with van der Waals surface area (Å²) in [7, 11) is 0. The number of anilines is 1. The van der Waals surface area contributed by atoms with Crippen molar-refractivity contribution in [1.29, 1.82) is 0 Å². The minimum Gasteiger partial charge on any atom is -0.444 e. The van der Waals surface area contributed by atoms with E-state index in [1.807, 2.05) is 49.9 Å². The maximum absolute atomic E-state index is 12.2. The monoisotopic (exact) mass is 300 g/mol. The number of fused-ring (bicyclic) bond motifs is 1. The van der Waals surface area contributed by atoms with Crippen LogP contribution in [0.1, 0.15) is 26.3 Å². The second kappa shape index (κ2) is 4.77. The number of likely N-dealkylation sites (tertiary alicyclic amines) is 1. The lowest BCUT2D eigenvalue weighted by atomic mass is 9.90. The molecule has 1 aliphatic heterocycles. The van der Waals surface area contributed by atoms with Crippen LogP contribution in [-0.4, -0.2) is 29.7 Å². The predicted octanol–water partition coefficient (Wildman–Crippen LogP) is 3.19. The van der Waals surface area contributed by atoms with Gasteiger partial charge in [0.2, 0.25) is 0 Å². The van der Waals surface area contributed by atoms with E-state index in [4.69, 9.17) is 10.5 Å². The fourth-order valence-electron chi connectivity index (χ4n) is 3.80. The Morgan fingerprint density at radius 1 is 1.41 bits per heavy atom. The summed E-state index contributed by atoms with van der Waals surface area (Å²) < 4.78 is 5.46. The average molecular weight is 300 g/mol. The first kappa shape index (κ1) is 14.9. The molecule has 3 atom stereocenters. The SMILES string of the molecule is C=C[C@@]1(c2cccc(N)c2)[C@@H]2CN(C(=O)OC(C)(C)C)C[C@@H]21. The van der Waals surface area contributed by atoms with Crippen molar-refractivity contribution in [3.8, 4) is 0 Å². The summed E-state index contributed by atoms with van der Waals surface area (Å²) in [5.74, 6) is 0.832. The molecule has 1 saturated carbocycles. The van der Waals surface area contributed by atoms with Gasteiger partial charge in [-0.2, -0.15) is 0 Å². The molecule has 2 N–H and O–H groups in total. The minimum absolute atomic E-state index is 0.0338. The molecule has 1 aliphatic carbocycles. The summed E-state index contributed by atoms with van der Waals surface area (Å²) in [6, 6.07) is 8.01. The lowest BCUT2D eigenvalue weighted by molar-refractivity contribution is 0.0265. The Bertz CT molecular complexity index is 606. The molecule has 118 valence electrons. The number of nitrogens with zero attached hydrogens (tertiary/aromatic N) is 1. The minimum atomic E-state index is -0.451. The van der Waals surface area contributed by atoms with E-state index in [9.17, 15) is 4.79 Å². The lowest BCUT2D eigenvalue weighted by Crippen LogP contribution is -2.38. The quantitative estimate of drug-likeness (QED) is 0.674. The highest BCUT2D eigenvalue weighted by Crippen LogP contribution is 2.64. The molecule has 0 spiro atoms. The van der Waals surface area contributed by atoms with Crippen molar-refractivity contribution in [2.24, 2.45) is 11.8 Å². The van der Waals surface area contributed by atoms with Crippen molar-refractivity contribution in [2.45, 2.75) is 31.8 Å². The standard InChI is InChI=1S/C18H24N2O2/c1-5-18(12-7-6-8-13(19)9-12)14-10-20(11-15(14)18)16(21)22-17(2,3)4/h5-9,14-15H,1,10-11,19H2,2-4H3/t14-,15+,18-. The topological polar surface area (TPSA) is 55.6 Å². The summed E-state index contributed by atoms with van der Waals surface area (Å²) >= 11 is 0. The molecule has 1 aromatic carbocycles. The molecule has 1 aromatic rings. The Hall–Kier alpha value is -1.97. The third-order valence-corrected chi connectivity index (χ3v) is 4.81. The molecule has 4 nitrogen and oxygen atoms in total. The zero-order valence-electron chi connectivity index (χ0n) is 13.5. The lowest BCUT2D eigenvalue weighted by Gasteiger charge is -2.28. The molecule has 0 bridgehead atoms. The fourth-order valence-corrected chi connectivity index (χ4v) is 3.80. The molecule has 3 rings (SSSR count). The maximum atomic E-state index is 12.2. The molecular formula is C18H24N2O2. The van der Waals surface area contributed by atoms with Gasteiger partial charge in [-0.3, -0.25) is 0 Å². The number of carbonyl (C=O) groups excluding carboxylic acids is 1. The smallest absolute Gasteiger partial charge is 0.410 e. The molecule has 0 aromatic heterocycles. The van der Waals surface area contributed by atoms with Crippen LogP contribution in [0, 0.1) is 11.8 Å². The van der Waals surface area contributed by atoms with Gasteiger partial charge in [0, 0.05) is 24.2 Å². The van der Waals surface area contributed by atoms with Gasteiger partial charge in [0.15, 0.2) is 0 Å². The number of nitrogens with two attached hydrogens (primary N) is 1. The van der Waals surface area contributed by atoms with E-state index < -0.39 is 5.60 Å². The highest BCUT2D eigenvalue weighted by Gasteiger charge is 2.68. The number of hydrogen-bond donors (Lipinski definition) is 1. The van der Waals surface area contributed by atoms with Crippen LogP contribution in [0.2, 0.25) is 0 Å². The Kier molecular flexibility index (Phi) is 3.24. The number of rotatable bonds is 2. The molecular weight excluding hydrogens is 276 g/mol. The van der Waals surface area contributed by atoms with Crippen molar-refractivity contribution in [2.75, 3.05) is 18.8 Å². The summed E-state index contributed by atoms with van der Waals surface area (Å²) in [5.41, 5.74) is 7.41. The fraction of sp³-hybridized carbons (Fsp3) is 0.500. The van der Waals surface area contributed by atoms with E-state index in [1.54, 1.807) is 0 Å². The number of nitrogen functional groups attached to an aromatic ring is 1. The molecule has 2 fully saturated rings. The van der Waals surface area contributed by atoms with E-state index in [0.717, 1.165) is 18.8 Å². The van der Waals surface area contributed by atoms with Crippen LogP contribution >= 0.6 is 0 Å². The van der Waals surface area contributed by atoms with E-state index in [1.165, 1.54) is 5.56 Å². The van der Waals surface area contributed by atoms with E-state index in [2.05, 4.69) is 12.6 Å². The summed E-state index contributed by atoms with van der Waals surface area (Å²) in [6.07, 6.45) is 1.81. The maximum Gasteiger partial charge on any atom is 0.410 e. The van der Waals surface area contributed by atoms with E-state index in [-0.39, 0.29) is 11.5 Å². The molecule has 1 saturated heterocycles. The van der Waals surface area contributed by atoms with Gasteiger partial charge >= 0.3 is 6.09 Å². The van der Waals surface area contributed by atoms with Crippen LogP contribution in [0.25, 0.3) is 0 Å². The second-order valence-corrected chi connectivity index (χ2v) is 7.36. The molecule has 2 aliphatic rings. The number of amides is 1. The first-order valence-corrected chi connectivity index (χ1v) is 7.75. The molecule has 0 unspecified atom stereocenters. The van der Waals surface area contributed by atoms with Crippen LogP contribution in [-0.2, 0) is 10.2 Å². The number of benzene rings is 1. The second-order valence-electron chi connectivity index (χ2n) is 7.36. The van der Waals surface area contributed by atoms with Gasteiger partial charge < -0.3 is 15.4 Å². The Labute approximate surface area is 131 Å². The van der Waals surface area contributed by atoms with Gasteiger partial charge in [-0.25, -0.2) is 4.79 Å². The van der Waals surface area contributed by atoms with Gasteiger partial charge in [0.1, 0.15) is 5.60 Å². The Morgan fingerprint density at radius 3 is 2.55 bits per heavy atom. The first-order valence-electron chi connectivity index (χ1n) is 7.75. The Balaban J connectivity index is 1.73. The Morgan fingerprint density at radius 2 is 2.05 bits per heavy atom. The van der Waals surface area contributed by atoms with Crippen LogP contribution in [0.15, 0.2) is 36.9 Å². The third kappa shape index (κ3) is 2.27. The average Bonchev–Trinajstić information content (AvgIpc) is 2.80. The van der Waals surface area contributed by atoms with Crippen LogP contribution in [0.5, 0.6) is 0 Å². The highest BCUT2D eigenvalue weighted by molar-refractivity contribution is 5.69. The number of carbonyl (C=O) groups is 1. The molecule has 1 amide bonds. The number of ether oxygens (including phenoxy) is 1. The van der Waals surface area contributed by atoms with Crippen molar-refractivity contribution in [3.05, 3.63) is 42.5 Å². The zero-order chi connectivity index (χ0) is 16.1. The van der Waals surface area contributed by atoms with Gasteiger partial charge in [-0.05, 0) is 50.3 Å². The number of piperidine rings is 1. The van der Waals surface area contributed by atoms with Crippen molar-refractivity contribution in [1.82, 2.24) is 4.90 Å². The van der Waals surface area contributed by atoms with Crippen LogP contribution in [0.3, 0.4) is 0 Å². The van der Waals surface area contributed by atoms with Gasteiger partial charge in [-0.1, -0.05) is 18.2 Å². The zero-order valence-corrected chi connectivity index (χ0v) is 13.5. The first-order chi connectivity index (χ1) is 10.3. The normalized spacial score (nSPS) is 29.9. The largest absolute Gasteiger partial charge is 0.444 e. The van der Waals surface area contributed by atoms with Crippen molar-refractivity contribution >= 4 is 11.8 Å². The van der Waals surface area contributed by atoms with Gasteiger partial charge in [-0.15, -0.1) is 6.58 Å².